The molecule has 2 bridgehead atoms. The Kier molecular flexibility index (Phi) is 10.0. The van der Waals surface area contributed by atoms with Crippen LogP contribution in [0.3, 0.4) is 0 Å². The number of carbonyl (C=O) groups excluding carboxylic acids is 1. The molecule has 0 spiro atoms. The van der Waals surface area contributed by atoms with Gasteiger partial charge in [-0.1, -0.05) is 44.0 Å². The Morgan fingerprint density at radius 2 is 1.98 bits per heavy atom. The largest absolute Gasteiger partial charge is 0.491 e. The summed E-state index contributed by atoms with van der Waals surface area (Å²) in [6, 6.07) is 11.8. The summed E-state index contributed by atoms with van der Waals surface area (Å²) < 4.78 is 28.7. The molecule has 1 N–H and O–H groups in total. The van der Waals surface area contributed by atoms with Crippen LogP contribution in [-0.2, 0) is 22.1 Å². The molecule has 1 aliphatic carbocycles. The maximum Gasteiger partial charge on any atom is 0.263 e. The third kappa shape index (κ3) is 6.44. The zero-order valence-electron chi connectivity index (χ0n) is 25.5. The first-order valence-electron chi connectivity index (χ1n) is 15.4. The second-order valence-electron chi connectivity index (χ2n) is 12.3. The third-order valence-corrected chi connectivity index (χ3v) is 11.5. The van der Waals surface area contributed by atoms with Crippen LogP contribution in [0.4, 0.5) is 5.69 Å². The summed E-state index contributed by atoms with van der Waals surface area (Å²) in [5.41, 5.74) is 5.22. The molecule has 7 atom stereocenters. The maximum atomic E-state index is 13.4. The van der Waals surface area contributed by atoms with Gasteiger partial charge in [-0.15, -0.1) is 0 Å². The van der Waals surface area contributed by atoms with Gasteiger partial charge in [-0.05, 0) is 104 Å². The van der Waals surface area contributed by atoms with Gasteiger partial charge in [0, 0.05) is 36.7 Å². The van der Waals surface area contributed by atoms with Gasteiger partial charge in [0.25, 0.3) is 5.91 Å². The highest BCUT2D eigenvalue weighted by Gasteiger charge is 2.41. The molecule has 1 amide bonds. The second kappa shape index (κ2) is 13.5. The zero-order chi connectivity index (χ0) is 30.0. The molecule has 2 aromatic rings. The summed E-state index contributed by atoms with van der Waals surface area (Å²) in [5.74, 6) is 1.56. The van der Waals surface area contributed by atoms with Crippen molar-refractivity contribution >= 4 is 34.2 Å². The highest BCUT2D eigenvalue weighted by atomic mass is 35.5. The first kappa shape index (κ1) is 31.1. The number of amides is 1. The lowest BCUT2D eigenvalue weighted by Gasteiger charge is -2.45. The molecular formula is C34H45ClN2O4S. The number of carbonyl (C=O) groups is 1. The van der Waals surface area contributed by atoms with Gasteiger partial charge in [0.1, 0.15) is 16.7 Å². The summed E-state index contributed by atoms with van der Waals surface area (Å²) in [6.45, 7) is 10.5. The number of methoxy groups -OCH3 is 1. The lowest BCUT2D eigenvalue weighted by molar-refractivity contribution is 0.00370. The van der Waals surface area contributed by atoms with E-state index >= 15 is 0 Å². The lowest BCUT2D eigenvalue weighted by Crippen LogP contribution is -2.45. The topological polar surface area (TPSA) is 67.9 Å². The van der Waals surface area contributed by atoms with Crippen molar-refractivity contribution in [2.45, 2.75) is 77.1 Å². The van der Waals surface area contributed by atoms with Crippen molar-refractivity contribution in [3.8, 4) is 5.75 Å². The Labute approximate surface area is 258 Å². The van der Waals surface area contributed by atoms with E-state index in [1.807, 2.05) is 32.2 Å². The molecular weight excluding hydrogens is 568 g/mol. The summed E-state index contributed by atoms with van der Waals surface area (Å²) in [7, 11) is 0.295. The average molecular weight is 613 g/mol. The van der Waals surface area contributed by atoms with Crippen molar-refractivity contribution < 1.29 is 18.5 Å². The SMILES string of the molecule is C/C=C1\C[C@H](C)C(C)S(=O)NC(=O)c2ccc3c(c2)N(CC(c2ccc(Cl)cc2CCC)CO3)CC2CCC2C1OC. The predicted octanol–water partition coefficient (Wildman–Crippen LogP) is 7.08. The molecule has 2 heterocycles. The Balaban J connectivity index is 1.56. The number of nitrogens with zero attached hydrogens (tertiary/aromatic N) is 1. The molecule has 3 aliphatic rings. The van der Waals surface area contributed by atoms with Crippen molar-refractivity contribution in [3.63, 3.8) is 0 Å². The van der Waals surface area contributed by atoms with Crippen LogP contribution in [0.5, 0.6) is 5.75 Å². The molecule has 8 heteroatoms. The number of rotatable bonds is 4. The van der Waals surface area contributed by atoms with E-state index < -0.39 is 11.0 Å². The smallest absolute Gasteiger partial charge is 0.263 e. The molecule has 1 saturated carbocycles. The fraction of sp³-hybridized carbons (Fsp3) is 0.559. The molecule has 2 aliphatic heterocycles. The molecule has 2 aromatic carbocycles. The van der Waals surface area contributed by atoms with Crippen LogP contribution in [0.25, 0.3) is 0 Å². The van der Waals surface area contributed by atoms with E-state index in [4.69, 9.17) is 21.1 Å². The highest BCUT2D eigenvalue weighted by molar-refractivity contribution is 7.84. The molecule has 6 nitrogen and oxygen atoms in total. The monoisotopic (exact) mass is 612 g/mol. The number of anilines is 1. The highest BCUT2D eigenvalue weighted by Crippen LogP contribution is 2.45. The molecule has 0 radical (unpaired) electrons. The normalized spacial score (nSPS) is 31.1. The van der Waals surface area contributed by atoms with E-state index in [-0.39, 0.29) is 29.1 Å². The van der Waals surface area contributed by atoms with Crippen LogP contribution >= 0.6 is 11.6 Å². The standard InChI is InChI=1S/C34H45ClN2O4S/c1-6-8-24-16-28(35)11-13-29(24)27-19-37-18-26-9-12-30(26)33(40-5)23(7-2)15-21(3)22(4)42(39)36-34(38)25-10-14-32(41-20-27)31(37)17-25/h7,10-11,13-14,16-17,21-22,26-27,30,33H,6,8-9,12,15,18-20H2,1-5H3,(H,36,38)/b23-7+/t21-,22?,26?,27?,30?,33?,42?/m0/s1. The van der Waals surface area contributed by atoms with E-state index in [0.29, 0.717) is 24.0 Å². The van der Waals surface area contributed by atoms with Crippen LogP contribution < -0.4 is 14.4 Å². The number of halogens is 1. The first-order valence-corrected chi connectivity index (χ1v) is 17.0. The van der Waals surface area contributed by atoms with Gasteiger partial charge >= 0.3 is 0 Å². The van der Waals surface area contributed by atoms with E-state index in [1.54, 1.807) is 6.07 Å². The van der Waals surface area contributed by atoms with Crippen molar-refractivity contribution in [3.05, 3.63) is 69.8 Å². The number of nitrogens with one attached hydrogen (secondary N) is 1. The quantitative estimate of drug-likeness (QED) is 0.374. The van der Waals surface area contributed by atoms with E-state index in [0.717, 1.165) is 61.7 Å². The van der Waals surface area contributed by atoms with Gasteiger partial charge in [0.15, 0.2) is 0 Å². The number of ether oxygens (including phenoxy) is 2. The maximum absolute atomic E-state index is 13.4. The van der Waals surface area contributed by atoms with Crippen LogP contribution in [-0.4, -0.2) is 48.3 Å². The van der Waals surface area contributed by atoms with E-state index in [9.17, 15) is 9.00 Å². The average Bonchev–Trinajstić information content (AvgIpc) is 3.15. The molecule has 42 heavy (non-hydrogen) atoms. The fourth-order valence-electron chi connectivity index (χ4n) is 6.95. The molecule has 5 rings (SSSR count). The van der Waals surface area contributed by atoms with E-state index in [1.165, 1.54) is 16.7 Å². The number of fused-ring (bicyclic) bond motifs is 2. The number of benzene rings is 2. The lowest BCUT2D eigenvalue weighted by atomic mass is 9.68. The molecule has 1 fully saturated rings. The minimum atomic E-state index is -1.52. The van der Waals surface area contributed by atoms with Gasteiger partial charge in [0.2, 0.25) is 0 Å². The summed E-state index contributed by atoms with van der Waals surface area (Å²) >= 11 is 6.42. The number of allylic oxidation sites excluding steroid dienone is 1. The van der Waals surface area contributed by atoms with Gasteiger partial charge in [-0.25, -0.2) is 4.21 Å². The van der Waals surface area contributed by atoms with Crippen LogP contribution in [0.2, 0.25) is 5.02 Å². The van der Waals surface area contributed by atoms with Gasteiger partial charge in [-0.3, -0.25) is 9.52 Å². The minimum absolute atomic E-state index is 0.0220. The molecule has 0 saturated heterocycles. The molecule has 0 aromatic heterocycles. The van der Waals surface area contributed by atoms with Crippen molar-refractivity contribution in [2.75, 3.05) is 31.7 Å². The van der Waals surface area contributed by atoms with Crippen molar-refractivity contribution in [1.82, 2.24) is 4.72 Å². The predicted molar refractivity (Wildman–Crippen MR) is 172 cm³/mol. The molecule has 6 unspecified atom stereocenters. The fourth-order valence-corrected chi connectivity index (χ4v) is 8.15. The van der Waals surface area contributed by atoms with Crippen LogP contribution in [0.1, 0.15) is 80.8 Å². The minimum Gasteiger partial charge on any atom is -0.491 e. The second-order valence-corrected chi connectivity index (χ2v) is 14.3. The van der Waals surface area contributed by atoms with Gasteiger partial charge < -0.3 is 14.4 Å². The van der Waals surface area contributed by atoms with E-state index in [2.05, 4.69) is 48.6 Å². The van der Waals surface area contributed by atoms with Crippen LogP contribution in [0.15, 0.2) is 48.0 Å². The third-order valence-electron chi connectivity index (χ3n) is 9.71. The first-order chi connectivity index (χ1) is 20.2. The Bertz CT molecular complexity index is 1350. The van der Waals surface area contributed by atoms with Crippen molar-refractivity contribution in [1.29, 1.82) is 0 Å². The Hall–Kier alpha value is -2.35. The summed E-state index contributed by atoms with van der Waals surface area (Å²) in [6.07, 6.45) is 7.25. The molecule has 228 valence electrons. The Morgan fingerprint density at radius 1 is 1.17 bits per heavy atom. The summed E-state index contributed by atoms with van der Waals surface area (Å²) in [5, 5.41) is 0.551. The summed E-state index contributed by atoms with van der Waals surface area (Å²) in [4.78, 5) is 15.8. The number of aryl methyl sites for hydroxylation is 1. The number of hydrogen-bond donors (Lipinski definition) is 1. The van der Waals surface area contributed by atoms with Crippen LogP contribution in [0, 0.1) is 17.8 Å². The zero-order valence-corrected chi connectivity index (χ0v) is 27.1. The van der Waals surface area contributed by atoms with Gasteiger partial charge in [0.05, 0.1) is 23.6 Å². The van der Waals surface area contributed by atoms with Crippen molar-refractivity contribution in [2.24, 2.45) is 17.8 Å². The number of hydrogen-bond acceptors (Lipinski definition) is 5. The Morgan fingerprint density at radius 3 is 2.67 bits per heavy atom. The van der Waals surface area contributed by atoms with Gasteiger partial charge in [-0.2, -0.15) is 0 Å².